The Bertz CT molecular complexity index is 765. The molecule has 124 valence electrons. The molecule has 2 aromatic rings. The first kappa shape index (κ1) is 17.0. The summed E-state index contributed by atoms with van der Waals surface area (Å²) in [6.07, 6.45) is 1.93. The molecule has 1 saturated heterocycles. The maximum Gasteiger partial charge on any atom is 0.344 e. The number of aromatic amines is 1. The first-order chi connectivity index (χ1) is 11.0. The van der Waals surface area contributed by atoms with Gasteiger partial charge < -0.3 is 4.74 Å². The van der Waals surface area contributed by atoms with Crippen LogP contribution < -0.4 is 5.69 Å². The van der Waals surface area contributed by atoms with Gasteiger partial charge in [0.1, 0.15) is 4.34 Å². The molecule has 10 heteroatoms. The Labute approximate surface area is 150 Å². The summed E-state index contributed by atoms with van der Waals surface area (Å²) in [5.74, 6) is -0.0231. The smallest absolute Gasteiger partial charge is 0.344 e. The summed E-state index contributed by atoms with van der Waals surface area (Å²) < 4.78 is 7.90. The van der Waals surface area contributed by atoms with Crippen molar-refractivity contribution in [3.05, 3.63) is 30.8 Å². The van der Waals surface area contributed by atoms with Crippen LogP contribution in [0.25, 0.3) is 0 Å². The van der Waals surface area contributed by atoms with Gasteiger partial charge in [-0.25, -0.2) is 9.89 Å². The maximum atomic E-state index is 12.2. The Hall–Kier alpha value is -0.800. The molecule has 1 aliphatic heterocycles. The standard InChI is InChI=1S/C13H13Cl2N3O3S2/c14-10-4-8(11(15)23-10)9(19)6-22-13-17-16-12(20)18(13)5-7-2-1-3-21-7/h4,7H,1-3,5-6H2,(H,16,20)/t7-/m1/s1. The number of nitrogens with zero attached hydrogens (tertiary/aromatic N) is 2. The molecular formula is C13H13Cl2N3O3S2. The van der Waals surface area contributed by atoms with Gasteiger partial charge in [0, 0.05) is 12.2 Å². The van der Waals surface area contributed by atoms with E-state index in [1.807, 2.05) is 0 Å². The number of aromatic nitrogens is 3. The van der Waals surface area contributed by atoms with Crippen molar-refractivity contribution < 1.29 is 9.53 Å². The maximum absolute atomic E-state index is 12.2. The molecule has 0 saturated carbocycles. The molecule has 1 fully saturated rings. The number of hydrogen-bond donors (Lipinski definition) is 1. The zero-order valence-electron chi connectivity index (χ0n) is 11.9. The largest absolute Gasteiger partial charge is 0.376 e. The number of ketones is 1. The molecule has 0 radical (unpaired) electrons. The van der Waals surface area contributed by atoms with E-state index in [-0.39, 0.29) is 23.3 Å². The lowest BCUT2D eigenvalue weighted by molar-refractivity contribution is 0.0941. The van der Waals surface area contributed by atoms with E-state index < -0.39 is 0 Å². The van der Waals surface area contributed by atoms with Crippen LogP contribution >= 0.6 is 46.3 Å². The summed E-state index contributed by atoms with van der Waals surface area (Å²) in [7, 11) is 0. The van der Waals surface area contributed by atoms with Crippen molar-refractivity contribution in [1.82, 2.24) is 14.8 Å². The van der Waals surface area contributed by atoms with Gasteiger partial charge in [-0.2, -0.15) is 0 Å². The predicted molar refractivity (Wildman–Crippen MR) is 91.2 cm³/mol. The van der Waals surface area contributed by atoms with E-state index in [9.17, 15) is 9.59 Å². The number of hydrogen-bond acceptors (Lipinski definition) is 6. The molecule has 3 rings (SSSR count). The second-order valence-corrected chi connectivity index (χ2v) is 8.23. The predicted octanol–water partition coefficient (Wildman–Crippen LogP) is 3.09. The Morgan fingerprint density at radius 2 is 2.39 bits per heavy atom. The third kappa shape index (κ3) is 4.00. The fraction of sp³-hybridized carbons (Fsp3) is 0.462. The van der Waals surface area contributed by atoms with E-state index in [1.165, 1.54) is 16.3 Å². The first-order valence-electron chi connectivity index (χ1n) is 6.92. The van der Waals surface area contributed by atoms with Gasteiger partial charge in [0.15, 0.2) is 10.9 Å². The normalized spacial score (nSPS) is 17.7. The summed E-state index contributed by atoms with van der Waals surface area (Å²) in [4.78, 5) is 24.1. The van der Waals surface area contributed by atoms with Crippen molar-refractivity contribution in [3.8, 4) is 0 Å². The van der Waals surface area contributed by atoms with Gasteiger partial charge in [0.25, 0.3) is 0 Å². The average molecular weight is 394 g/mol. The number of halogens is 2. The molecule has 0 spiro atoms. The van der Waals surface area contributed by atoms with E-state index in [1.54, 1.807) is 6.07 Å². The quantitative estimate of drug-likeness (QED) is 0.602. The number of thioether (sulfide) groups is 1. The highest BCUT2D eigenvalue weighted by Gasteiger charge is 2.21. The fourth-order valence-corrected chi connectivity index (χ4v) is 4.64. The molecular weight excluding hydrogens is 381 g/mol. The molecule has 6 nitrogen and oxygen atoms in total. The van der Waals surface area contributed by atoms with Crippen molar-refractivity contribution in [2.24, 2.45) is 0 Å². The average Bonchev–Trinajstić information content (AvgIpc) is 3.21. The van der Waals surface area contributed by atoms with Crippen LogP contribution in [0.2, 0.25) is 8.67 Å². The third-order valence-corrected chi connectivity index (χ3v) is 5.89. The van der Waals surface area contributed by atoms with Crippen molar-refractivity contribution in [2.45, 2.75) is 30.6 Å². The minimum Gasteiger partial charge on any atom is -0.376 e. The summed E-state index contributed by atoms with van der Waals surface area (Å²) in [5, 5.41) is 6.86. The number of carbonyl (C=O) groups is 1. The topological polar surface area (TPSA) is 77.0 Å². The van der Waals surface area contributed by atoms with Crippen LogP contribution in [0.5, 0.6) is 0 Å². The monoisotopic (exact) mass is 393 g/mol. The van der Waals surface area contributed by atoms with Crippen LogP contribution in [0.1, 0.15) is 23.2 Å². The van der Waals surface area contributed by atoms with Gasteiger partial charge >= 0.3 is 5.69 Å². The van der Waals surface area contributed by atoms with Crippen LogP contribution in [0.3, 0.4) is 0 Å². The highest BCUT2D eigenvalue weighted by Crippen LogP contribution is 2.32. The zero-order chi connectivity index (χ0) is 16.4. The van der Waals surface area contributed by atoms with Gasteiger partial charge in [-0.15, -0.1) is 16.4 Å². The fourth-order valence-electron chi connectivity index (χ4n) is 2.30. The molecule has 2 aromatic heterocycles. The van der Waals surface area contributed by atoms with E-state index in [0.717, 1.165) is 30.8 Å². The van der Waals surface area contributed by atoms with Gasteiger partial charge in [-0.05, 0) is 18.9 Å². The lowest BCUT2D eigenvalue weighted by Crippen LogP contribution is -2.25. The highest BCUT2D eigenvalue weighted by molar-refractivity contribution is 7.99. The van der Waals surface area contributed by atoms with Crippen molar-refractivity contribution in [3.63, 3.8) is 0 Å². The Balaban J connectivity index is 1.67. The van der Waals surface area contributed by atoms with Crippen LogP contribution in [0.15, 0.2) is 16.0 Å². The molecule has 0 aliphatic carbocycles. The second kappa shape index (κ2) is 7.40. The van der Waals surface area contributed by atoms with Crippen LogP contribution in [-0.4, -0.2) is 39.0 Å². The Kier molecular flexibility index (Phi) is 5.48. The van der Waals surface area contributed by atoms with Crippen LogP contribution in [0.4, 0.5) is 0 Å². The summed E-state index contributed by atoms with van der Waals surface area (Å²) >= 11 is 14.2. The number of carbonyl (C=O) groups excluding carboxylic acids is 1. The molecule has 1 atom stereocenters. The van der Waals surface area contributed by atoms with Gasteiger partial charge in [-0.1, -0.05) is 35.0 Å². The Morgan fingerprint density at radius 3 is 3.04 bits per heavy atom. The number of rotatable bonds is 6. The summed E-state index contributed by atoms with van der Waals surface area (Å²) in [5.41, 5.74) is 0.102. The summed E-state index contributed by atoms with van der Waals surface area (Å²) in [6, 6.07) is 1.56. The molecule has 23 heavy (non-hydrogen) atoms. The number of thiophene rings is 1. The van der Waals surface area contributed by atoms with E-state index in [2.05, 4.69) is 10.2 Å². The Morgan fingerprint density at radius 1 is 1.57 bits per heavy atom. The molecule has 0 bridgehead atoms. The van der Waals surface area contributed by atoms with Gasteiger partial charge in [-0.3, -0.25) is 9.36 Å². The van der Waals surface area contributed by atoms with E-state index in [4.69, 9.17) is 27.9 Å². The van der Waals surface area contributed by atoms with Crippen LogP contribution in [-0.2, 0) is 11.3 Å². The number of nitrogens with one attached hydrogen (secondary N) is 1. The minimum absolute atomic E-state index is 0.0190. The molecule has 0 aromatic carbocycles. The SMILES string of the molecule is O=C(CSc1n[nH]c(=O)n1C[C@H]1CCCO1)c1cc(Cl)sc1Cl. The molecule has 1 aliphatic rings. The minimum atomic E-state index is -0.299. The van der Waals surface area contributed by atoms with Crippen molar-refractivity contribution in [2.75, 3.05) is 12.4 Å². The second-order valence-electron chi connectivity index (χ2n) is 5.01. The van der Waals surface area contributed by atoms with Crippen molar-refractivity contribution in [1.29, 1.82) is 0 Å². The highest BCUT2D eigenvalue weighted by atomic mass is 35.5. The molecule has 1 N–H and O–H groups in total. The van der Waals surface area contributed by atoms with E-state index in [0.29, 0.717) is 25.9 Å². The van der Waals surface area contributed by atoms with E-state index >= 15 is 0 Å². The van der Waals surface area contributed by atoms with Gasteiger partial charge in [0.05, 0.1) is 22.7 Å². The lowest BCUT2D eigenvalue weighted by Gasteiger charge is -2.10. The van der Waals surface area contributed by atoms with Crippen molar-refractivity contribution >= 4 is 52.1 Å². The zero-order valence-corrected chi connectivity index (χ0v) is 15.0. The third-order valence-electron chi connectivity index (χ3n) is 3.42. The molecule has 0 amide bonds. The molecule has 3 heterocycles. The number of H-pyrrole nitrogens is 1. The number of ether oxygens (including phenoxy) is 1. The lowest BCUT2D eigenvalue weighted by atomic mass is 10.2. The van der Waals surface area contributed by atoms with Crippen LogP contribution in [0, 0.1) is 0 Å². The summed E-state index contributed by atoms with van der Waals surface area (Å²) in [6.45, 7) is 1.16. The number of Topliss-reactive ketones (excluding diaryl/α,β-unsaturated/α-hetero) is 1. The first-order valence-corrected chi connectivity index (χ1v) is 9.48. The van der Waals surface area contributed by atoms with Gasteiger partial charge in [0.2, 0.25) is 0 Å². The molecule has 0 unspecified atom stereocenters.